The topological polar surface area (TPSA) is 22.1 Å². The summed E-state index contributed by atoms with van der Waals surface area (Å²) in [6.45, 7) is 0. The second kappa shape index (κ2) is 3.21. The lowest BCUT2D eigenvalue weighted by molar-refractivity contribution is 0.389. The van der Waals surface area contributed by atoms with Gasteiger partial charge in [0, 0.05) is 17.0 Å². The molecule has 0 aliphatic rings. The number of fused-ring (bicyclic) bond motifs is 1. The highest BCUT2D eigenvalue weighted by molar-refractivity contribution is 5.84. The molecule has 0 unspecified atom stereocenters. The summed E-state index contributed by atoms with van der Waals surface area (Å²) in [6.07, 6.45) is 1.22. The van der Waals surface area contributed by atoms with Crippen molar-refractivity contribution in [3.8, 4) is 5.75 Å². The number of methoxy groups -OCH3 is 1. The van der Waals surface area contributed by atoms with E-state index in [2.05, 4.69) is 4.98 Å². The van der Waals surface area contributed by atoms with Crippen LogP contribution in [0.4, 0.5) is 8.78 Å². The van der Waals surface area contributed by atoms with Crippen LogP contribution < -0.4 is 4.74 Å². The van der Waals surface area contributed by atoms with Crippen molar-refractivity contribution in [2.75, 3.05) is 7.11 Å². The van der Waals surface area contributed by atoms with E-state index in [1.165, 1.54) is 31.5 Å². The van der Waals surface area contributed by atoms with Crippen molar-refractivity contribution >= 4 is 10.8 Å². The summed E-state index contributed by atoms with van der Waals surface area (Å²) in [6, 6.07) is 4.23. The number of ether oxygens (including phenoxy) is 1. The Kier molecular flexibility index (Phi) is 2.04. The zero-order valence-electron chi connectivity index (χ0n) is 7.42. The molecule has 0 fully saturated rings. The molecule has 0 aliphatic carbocycles. The minimum Gasteiger partial charge on any atom is -0.494 e. The summed E-state index contributed by atoms with van der Waals surface area (Å²) in [5.41, 5.74) is 0. The van der Waals surface area contributed by atoms with Crippen molar-refractivity contribution in [1.82, 2.24) is 4.98 Å². The van der Waals surface area contributed by atoms with Crippen LogP contribution >= 0.6 is 0 Å². The highest BCUT2D eigenvalue weighted by Gasteiger charge is 2.10. The van der Waals surface area contributed by atoms with E-state index in [1.54, 1.807) is 0 Å². The number of hydrogen-bond donors (Lipinski definition) is 0. The van der Waals surface area contributed by atoms with Crippen LogP contribution in [-0.4, -0.2) is 12.1 Å². The normalized spacial score (nSPS) is 10.5. The molecule has 0 atom stereocenters. The lowest BCUT2D eigenvalue weighted by Crippen LogP contribution is -1.92. The summed E-state index contributed by atoms with van der Waals surface area (Å²) in [5.74, 6) is -1.14. The van der Waals surface area contributed by atoms with Crippen molar-refractivity contribution in [3.05, 3.63) is 36.2 Å². The number of hydrogen-bond acceptors (Lipinski definition) is 2. The predicted molar refractivity (Wildman–Crippen MR) is 48.2 cm³/mol. The molecule has 4 heteroatoms. The molecule has 0 aliphatic heterocycles. The molecule has 0 spiro atoms. The molecule has 1 aromatic carbocycles. The Balaban J connectivity index is 2.84. The average molecular weight is 195 g/mol. The molecule has 2 aromatic rings. The van der Waals surface area contributed by atoms with Gasteiger partial charge in [-0.3, -0.25) is 0 Å². The Bertz CT molecular complexity index is 485. The Morgan fingerprint density at radius 1 is 1.14 bits per heavy atom. The van der Waals surface area contributed by atoms with Crippen LogP contribution in [0.25, 0.3) is 10.8 Å². The first-order valence-electron chi connectivity index (χ1n) is 4.00. The Morgan fingerprint density at radius 2 is 1.93 bits per heavy atom. The molecule has 0 saturated heterocycles. The van der Waals surface area contributed by atoms with E-state index in [-0.39, 0.29) is 16.5 Å². The van der Waals surface area contributed by atoms with Gasteiger partial charge in [-0.25, -0.2) is 9.37 Å². The zero-order valence-corrected chi connectivity index (χ0v) is 7.42. The van der Waals surface area contributed by atoms with Gasteiger partial charge in [0.15, 0.2) is 11.6 Å². The second-order valence-corrected chi connectivity index (χ2v) is 2.78. The fourth-order valence-corrected chi connectivity index (χ4v) is 1.32. The lowest BCUT2D eigenvalue weighted by Gasteiger charge is -2.04. The first-order chi connectivity index (χ1) is 6.74. The smallest absolute Gasteiger partial charge is 0.220 e. The van der Waals surface area contributed by atoms with Gasteiger partial charge >= 0.3 is 0 Å². The molecule has 72 valence electrons. The molecule has 2 nitrogen and oxygen atoms in total. The first kappa shape index (κ1) is 8.87. The monoisotopic (exact) mass is 195 g/mol. The van der Waals surface area contributed by atoms with E-state index < -0.39 is 11.8 Å². The maximum atomic E-state index is 13.5. The number of rotatable bonds is 1. The molecule has 0 saturated carbocycles. The van der Waals surface area contributed by atoms with Crippen LogP contribution in [0.15, 0.2) is 24.4 Å². The third-order valence-corrected chi connectivity index (χ3v) is 2.02. The lowest BCUT2D eigenvalue weighted by atomic mass is 10.1. The van der Waals surface area contributed by atoms with Crippen LogP contribution in [0.1, 0.15) is 0 Å². The molecule has 0 radical (unpaired) electrons. The van der Waals surface area contributed by atoms with Gasteiger partial charge in [-0.1, -0.05) is 0 Å². The molecule has 2 rings (SSSR count). The third-order valence-electron chi connectivity index (χ3n) is 2.02. The zero-order chi connectivity index (χ0) is 10.1. The third kappa shape index (κ3) is 1.19. The van der Waals surface area contributed by atoms with Crippen molar-refractivity contribution in [3.63, 3.8) is 0 Å². The van der Waals surface area contributed by atoms with Crippen molar-refractivity contribution in [1.29, 1.82) is 0 Å². The maximum absolute atomic E-state index is 13.5. The van der Waals surface area contributed by atoms with E-state index >= 15 is 0 Å². The van der Waals surface area contributed by atoms with Gasteiger partial charge in [0.25, 0.3) is 0 Å². The highest BCUT2D eigenvalue weighted by Crippen LogP contribution is 2.26. The number of halogens is 2. The summed E-state index contributed by atoms with van der Waals surface area (Å²) < 4.78 is 31.4. The fourth-order valence-electron chi connectivity index (χ4n) is 1.32. The molecule has 0 N–H and O–H groups in total. The quantitative estimate of drug-likeness (QED) is 0.652. The van der Waals surface area contributed by atoms with Gasteiger partial charge in [0.2, 0.25) is 5.95 Å². The summed E-state index contributed by atoms with van der Waals surface area (Å²) in [4.78, 5) is 3.43. The number of pyridine rings is 1. The van der Waals surface area contributed by atoms with Gasteiger partial charge in [-0.05, 0) is 18.2 Å². The highest BCUT2D eigenvalue weighted by atomic mass is 19.1. The molecule has 0 amide bonds. The van der Waals surface area contributed by atoms with E-state index in [4.69, 9.17) is 4.74 Å². The Morgan fingerprint density at radius 3 is 2.64 bits per heavy atom. The van der Waals surface area contributed by atoms with Crippen LogP contribution in [0, 0.1) is 11.8 Å². The van der Waals surface area contributed by atoms with Crippen LogP contribution in [0.3, 0.4) is 0 Å². The molecular weight excluding hydrogens is 188 g/mol. The van der Waals surface area contributed by atoms with Gasteiger partial charge < -0.3 is 4.74 Å². The summed E-state index contributed by atoms with van der Waals surface area (Å²) in [7, 11) is 1.36. The first-order valence-corrected chi connectivity index (χ1v) is 4.00. The Labute approximate surface area is 79.1 Å². The standard InChI is InChI=1S/C10H7F2NO/c1-14-8-3-2-7-6(9(8)11)4-5-13-10(7)12/h2-5H,1H3. The van der Waals surface area contributed by atoms with Crippen molar-refractivity contribution < 1.29 is 13.5 Å². The van der Waals surface area contributed by atoms with E-state index in [0.29, 0.717) is 0 Å². The number of benzene rings is 1. The van der Waals surface area contributed by atoms with Gasteiger partial charge in [0.1, 0.15) is 0 Å². The molecule has 1 heterocycles. The van der Waals surface area contributed by atoms with Gasteiger partial charge in [-0.15, -0.1) is 0 Å². The van der Waals surface area contributed by atoms with Gasteiger partial charge in [-0.2, -0.15) is 4.39 Å². The number of aromatic nitrogens is 1. The molecule has 14 heavy (non-hydrogen) atoms. The van der Waals surface area contributed by atoms with Crippen molar-refractivity contribution in [2.45, 2.75) is 0 Å². The Hall–Kier alpha value is -1.71. The van der Waals surface area contributed by atoms with E-state index in [1.807, 2.05) is 0 Å². The van der Waals surface area contributed by atoms with Gasteiger partial charge in [0.05, 0.1) is 7.11 Å². The number of nitrogens with zero attached hydrogens (tertiary/aromatic N) is 1. The second-order valence-electron chi connectivity index (χ2n) is 2.78. The molecule has 0 bridgehead atoms. The largest absolute Gasteiger partial charge is 0.494 e. The summed E-state index contributed by atoms with van der Waals surface area (Å²) in [5, 5.41) is 0.336. The predicted octanol–water partition coefficient (Wildman–Crippen LogP) is 2.52. The van der Waals surface area contributed by atoms with E-state index in [9.17, 15) is 8.78 Å². The fraction of sp³-hybridized carbons (Fsp3) is 0.100. The SMILES string of the molecule is COc1ccc2c(F)nccc2c1F. The van der Waals surface area contributed by atoms with Crippen LogP contribution in [-0.2, 0) is 0 Å². The minimum atomic E-state index is -0.677. The van der Waals surface area contributed by atoms with Crippen molar-refractivity contribution in [2.24, 2.45) is 0 Å². The van der Waals surface area contributed by atoms with Crippen LogP contribution in [0.2, 0.25) is 0 Å². The average Bonchev–Trinajstić information content (AvgIpc) is 2.20. The molecular formula is C10H7F2NO. The molecule has 1 aromatic heterocycles. The van der Waals surface area contributed by atoms with Crippen LogP contribution in [0.5, 0.6) is 5.75 Å². The minimum absolute atomic E-state index is 0.100. The van der Waals surface area contributed by atoms with E-state index in [0.717, 1.165) is 0 Å². The summed E-state index contributed by atoms with van der Waals surface area (Å²) >= 11 is 0. The maximum Gasteiger partial charge on any atom is 0.220 e.